The lowest BCUT2D eigenvalue weighted by Gasteiger charge is -2.11. The quantitative estimate of drug-likeness (QED) is 0.820. The Morgan fingerprint density at radius 2 is 2.00 bits per heavy atom. The van der Waals surface area contributed by atoms with E-state index in [4.69, 9.17) is 9.47 Å². The van der Waals surface area contributed by atoms with E-state index < -0.39 is 18.1 Å². The Kier molecular flexibility index (Phi) is 5.71. The van der Waals surface area contributed by atoms with Crippen LogP contribution in [0.3, 0.4) is 0 Å². The predicted molar refractivity (Wildman–Crippen MR) is 99.7 cm³/mol. The number of anilines is 1. The number of ether oxygens (including phenoxy) is 3. The van der Waals surface area contributed by atoms with Gasteiger partial charge in [-0.2, -0.15) is 0 Å². The van der Waals surface area contributed by atoms with Gasteiger partial charge in [0.1, 0.15) is 13.2 Å². The van der Waals surface area contributed by atoms with Gasteiger partial charge in [-0.3, -0.25) is 5.32 Å². The summed E-state index contributed by atoms with van der Waals surface area (Å²) in [5.41, 5.74) is 3.08. The van der Waals surface area contributed by atoms with E-state index >= 15 is 0 Å². The molecule has 1 unspecified atom stereocenters. The molecule has 0 saturated heterocycles. The minimum Gasteiger partial charge on any atom is -0.475 e. The summed E-state index contributed by atoms with van der Waals surface area (Å²) in [6.07, 6.45) is -0.532. The number of hydrogen-bond acceptors (Lipinski definition) is 6. The summed E-state index contributed by atoms with van der Waals surface area (Å²) in [5, 5.41) is 2.72. The normalized spacial score (nSPS) is 15.5. The van der Waals surface area contributed by atoms with Crippen LogP contribution in [-0.4, -0.2) is 37.7 Å². The average molecular weight is 368 g/mol. The van der Waals surface area contributed by atoms with Crippen LogP contribution in [0.2, 0.25) is 0 Å². The Morgan fingerprint density at radius 3 is 2.70 bits per heavy atom. The topological polar surface area (TPSA) is 86.2 Å². The van der Waals surface area contributed by atoms with Gasteiger partial charge in [-0.1, -0.05) is 30.3 Å². The van der Waals surface area contributed by atoms with Gasteiger partial charge in [0.15, 0.2) is 6.04 Å². The molecule has 0 saturated carbocycles. The zero-order valence-electron chi connectivity index (χ0n) is 15.1. The third-order valence-corrected chi connectivity index (χ3v) is 4.05. The fraction of sp³-hybridized carbons (Fsp3) is 0.250. The van der Waals surface area contributed by atoms with Crippen molar-refractivity contribution in [3.8, 4) is 0 Å². The van der Waals surface area contributed by atoms with Gasteiger partial charge in [0.25, 0.3) is 0 Å². The molecule has 1 aliphatic heterocycles. The van der Waals surface area contributed by atoms with Crippen LogP contribution in [0, 0.1) is 6.92 Å². The highest BCUT2D eigenvalue weighted by atomic mass is 16.5. The summed E-state index contributed by atoms with van der Waals surface area (Å²) in [7, 11) is 1.32. The van der Waals surface area contributed by atoms with Crippen molar-refractivity contribution in [1.29, 1.82) is 0 Å². The van der Waals surface area contributed by atoms with Crippen LogP contribution in [0.15, 0.2) is 53.5 Å². The zero-order valence-corrected chi connectivity index (χ0v) is 15.1. The number of aliphatic imine (C=N–C) groups is 1. The number of carbonyl (C=O) groups excluding carboxylic acids is 2. The summed E-state index contributed by atoms with van der Waals surface area (Å²) >= 11 is 0. The molecule has 0 spiro atoms. The van der Waals surface area contributed by atoms with E-state index in [2.05, 4.69) is 15.0 Å². The van der Waals surface area contributed by atoms with E-state index in [1.54, 1.807) is 12.1 Å². The number of rotatable bonds is 5. The lowest BCUT2D eigenvalue weighted by molar-refractivity contribution is -0.142. The molecule has 2 aromatic carbocycles. The molecule has 140 valence electrons. The Hall–Kier alpha value is -3.35. The van der Waals surface area contributed by atoms with Gasteiger partial charge in [-0.05, 0) is 36.2 Å². The first-order chi connectivity index (χ1) is 13.1. The number of methoxy groups -OCH3 is 1. The van der Waals surface area contributed by atoms with Crippen molar-refractivity contribution in [2.24, 2.45) is 4.99 Å². The average Bonchev–Trinajstić information content (AvgIpc) is 3.18. The fourth-order valence-electron chi connectivity index (χ4n) is 2.59. The third-order valence-electron chi connectivity index (χ3n) is 4.05. The number of nitrogens with one attached hydrogen (secondary N) is 1. The van der Waals surface area contributed by atoms with Gasteiger partial charge in [-0.15, -0.1) is 0 Å². The maximum absolute atomic E-state index is 12.0. The summed E-state index contributed by atoms with van der Waals surface area (Å²) in [6, 6.07) is 14.1. The molecule has 1 N–H and O–H groups in total. The molecular weight excluding hydrogens is 348 g/mol. The van der Waals surface area contributed by atoms with Gasteiger partial charge in [-0.25, -0.2) is 14.6 Å². The SMILES string of the molecule is COC(=O)C1COC(c2ccc(NC(=O)OCc3ccccc3)c(C)c2)=N1. The molecule has 7 heteroatoms. The lowest BCUT2D eigenvalue weighted by atomic mass is 10.1. The second kappa shape index (κ2) is 8.35. The summed E-state index contributed by atoms with van der Waals surface area (Å²) in [5.74, 6) is -0.0483. The summed E-state index contributed by atoms with van der Waals surface area (Å²) in [4.78, 5) is 27.8. The highest BCUT2D eigenvalue weighted by Gasteiger charge is 2.27. The van der Waals surface area contributed by atoms with Crippen molar-refractivity contribution in [2.75, 3.05) is 19.0 Å². The Labute approximate surface area is 157 Å². The molecule has 1 heterocycles. The van der Waals surface area contributed by atoms with E-state index in [1.807, 2.05) is 43.3 Å². The van der Waals surface area contributed by atoms with E-state index in [0.717, 1.165) is 16.7 Å². The molecule has 2 aromatic rings. The Bertz CT molecular complexity index is 864. The van der Waals surface area contributed by atoms with Crippen LogP contribution in [0.25, 0.3) is 0 Å². The van der Waals surface area contributed by atoms with E-state index in [1.165, 1.54) is 7.11 Å². The first-order valence-electron chi connectivity index (χ1n) is 8.44. The van der Waals surface area contributed by atoms with Gasteiger partial charge < -0.3 is 14.2 Å². The van der Waals surface area contributed by atoms with Gasteiger partial charge in [0, 0.05) is 11.3 Å². The fourth-order valence-corrected chi connectivity index (χ4v) is 2.59. The number of hydrogen-bond donors (Lipinski definition) is 1. The van der Waals surface area contributed by atoms with Crippen LogP contribution in [0.4, 0.5) is 10.5 Å². The first-order valence-corrected chi connectivity index (χ1v) is 8.44. The monoisotopic (exact) mass is 368 g/mol. The molecule has 0 radical (unpaired) electrons. The molecule has 7 nitrogen and oxygen atoms in total. The Morgan fingerprint density at radius 1 is 1.22 bits per heavy atom. The number of esters is 1. The van der Waals surface area contributed by atoms with E-state index in [-0.39, 0.29) is 13.2 Å². The van der Waals surface area contributed by atoms with Crippen molar-refractivity contribution in [1.82, 2.24) is 0 Å². The largest absolute Gasteiger partial charge is 0.475 e. The molecular formula is C20H20N2O5. The first kappa shape index (κ1) is 18.4. The van der Waals surface area contributed by atoms with Crippen molar-refractivity contribution >= 4 is 23.6 Å². The Balaban J connectivity index is 1.61. The van der Waals surface area contributed by atoms with Gasteiger partial charge >= 0.3 is 12.1 Å². The van der Waals surface area contributed by atoms with Crippen molar-refractivity contribution in [3.05, 3.63) is 65.2 Å². The van der Waals surface area contributed by atoms with Gasteiger partial charge in [0.2, 0.25) is 5.90 Å². The molecule has 1 amide bonds. The molecule has 27 heavy (non-hydrogen) atoms. The maximum atomic E-state index is 12.0. The smallest absolute Gasteiger partial charge is 0.411 e. The highest BCUT2D eigenvalue weighted by molar-refractivity contribution is 5.98. The molecule has 0 fully saturated rings. The minimum absolute atomic E-state index is 0.160. The predicted octanol–water partition coefficient (Wildman–Crippen LogP) is 3.06. The third kappa shape index (κ3) is 4.63. The molecule has 1 aliphatic rings. The molecule has 1 atom stereocenters. The van der Waals surface area contributed by atoms with Crippen LogP contribution in [-0.2, 0) is 25.6 Å². The second-order valence-electron chi connectivity index (χ2n) is 6.00. The summed E-state index contributed by atoms with van der Waals surface area (Å²) in [6.45, 7) is 2.21. The number of benzene rings is 2. The standard InChI is InChI=1S/C20H20N2O5/c1-13-10-15(18-21-17(12-26-18)19(23)25-2)8-9-16(13)22-20(24)27-11-14-6-4-3-5-7-14/h3-10,17H,11-12H2,1-2H3,(H,22,24). The second-order valence-corrected chi connectivity index (χ2v) is 6.00. The van der Waals surface area contributed by atoms with E-state index in [0.29, 0.717) is 11.6 Å². The van der Waals surface area contributed by atoms with Crippen molar-refractivity contribution < 1.29 is 23.8 Å². The molecule has 0 bridgehead atoms. The number of aryl methyl sites for hydroxylation is 1. The molecule has 0 aliphatic carbocycles. The summed E-state index contributed by atoms with van der Waals surface area (Å²) < 4.78 is 15.4. The minimum atomic E-state index is -0.643. The number of amides is 1. The lowest BCUT2D eigenvalue weighted by Crippen LogP contribution is -2.21. The van der Waals surface area contributed by atoms with Crippen LogP contribution in [0.5, 0.6) is 0 Å². The number of nitrogens with zero attached hydrogens (tertiary/aromatic N) is 1. The van der Waals surface area contributed by atoms with Crippen LogP contribution in [0.1, 0.15) is 16.7 Å². The molecule has 0 aromatic heterocycles. The zero-order chi connectivity index (χ0) is 19.2. The number of carbonyl (C=O) groups is 2. The van der Waals surface area contributed by atoms with Crippen molar-refractivity contribution in [2.45, 2.75) is 19.6 Å². The highest BCUT2D eigenvalue weighted by Crippen LogP contribution is 2.20. The van der Waals surface area contributed by atoms with Gasteiger partial charge in [0.05, 0.1) is 7.11 Å². The van der Waals surface area contributed by atoms with Crippen LogP contribution < -0.4 is 5.32 Å². The molecule has 3 rings (SSSR count). The van der Waals surface area contributed by atoms with Crippen LogP contribution >= 0.6 is 0 Å². The maximum Gasteiger partial charge on any atom is 0.411 e. The van der Waals surface area contributed by atoms with E-state index in [9.17, 15) is 9.59 Å². The van der Waals surface area contributed by atoms with Crippen molar-refractivity contribution in [3.63, 3.8) is 0 Å².